The average molecular weight is 366 g/mol. The fraction of sp³-hybridized carbons (Fsp3) is 0.333. The molecule has 0 fully saturated rings. The van der Waals surface area contributed by atoms with Gasteiger partial charge in [0.25, 0.3) is 5.91 Å². The van der Waals surface area contributed by atoms with Gasteiger partial charge in [-0.15, -0.1) is 0 Å². The van der Waals surface area contributed by atoms with Crippen molar-refractivity contribution in [2.24, 2.45) is 0 Å². The van der Waals surface area contributed by atoms with E-state index >= 15 is 0 Å². The number of alkyl halides is 3. The summed E-state index contributed by atoms with van der Waals surface area (Å²) in [6, 6.07) is 7.97. The molecule has 0 spiro atoms. The molecule has 8 heteroatoms. The van der Waals surface area contributed by atoms with Gasteiger partial charge in [-0.3, -0.25) is 4.79 Å². The Kier molecular flexibility index (Phi) is 6.57. The van der Waals surface area contributed by atoms with Gasteiger partial charge in [0.15, 0.2) is 0 Å². The zero-order chi connectivity index (χ0) is 19.2. The van der Waals surface area contributed by atoms with Crippen LogP contribution in [0.25, 0.3) is 0 Å². The summed E-state index contributed by atoms with van der Waals surface area (Å²) in [6.07, 6.45) is -2.18. The lowest BCUT2D eigenvalue weighted by atomic mass is 10.2. The minimum absolute atomic E-state index is 0.234. The highest BCUT2D eigenvalue weighted by molar-refractivity contribution is 5.94. The molecule has 0 aliphatic rings. The number of nitrogens with one attached hydrogen (secondary N) is 2. The molecule has 0 radical (unpaired) electrons. The number of hydrogen-bond donors (Lipinski definition) is 2. The maximum absolute atomic E-state index is 12.7. The molecule has 0 aliphatic heterocycles. The van der Waals surface area contributed by atoms with Crippen molar-refractivity contribution in [3.63, 3.8) is 0 Å². The molecule has 0 saturated heterocycles. The van der Waals surface area contributed by atoms with Crippen LogP contribution in [0.4, 0.5) is 24.7 Å². The molecule has 0 saturated carbocycles. The molecule has 2 rings (SSSR count). The van der Waals surface area contributed by atoms with E-state index in [2.05, 4.69) is 15.6 Å². The normalized spacial score (nSPS) is 11.5. The number of aromatic nitrogens is 1. The lowest BCUT2D eigenvalue weighted by Gasteiger charge is -2.11. The molecule has 5 nitrogen and oxygen atoms in total. The summed E-state index contributed by atoms with van der Waals surface area (Å²) in [7, 11) is 3.92. The van der Waals surface area contributed by atoms with Crippen LogP contribution in [-0.4, -0.2) is 43.0 Å². The fourth-order valence-corrected chi connectivity index (χ4v) is 2.22. The quantitative estimate of drug-likeness (QED) is 0.736. The van der Waals surface area contributed by atoms with E-state index in [4.69, 9.17) is 0 Å². The first kappa shape index (κ1) is 19.7. The third kappa shape index (κ3) is 6.03. The van der Waals surface area contributed by atoms with Crippen molar-refractivity contribution in [2.45, 2.75) is 12.6 Å². The van der Waals surface area contributed by atoms with Crippen LogP contribution in [0.3, 0.4) is 0 Å². The van der Waals surface area contributed by atoms with E-state index in [1.165, 1.54) is 18.3 Å². The van der Waals surface area contributed by atoms with Crippen LogP contribution in [-0.2, 0) is 6.18 Å². The number of anilines is 2. The highest BCUT2D eigenvalue weighted by atomic mass is 19.4. The van der Waals surface area contributed by atoms with E-state index < -0.39 is 11.7 Å². The Morgan fingerprint density at radius 1 is 1.19 bits per heavy atom. The minimum Gasteiger partial charge on any atom is -0.352 e. The maximum Gasteiger partial charge on any atom is 0.416 e. The monoisotopic (exact) mass is 366 g/mol. The Balaban J connectivity index is 1.94. The molecular weight excluding hydrogens is 345 g/mol. The summed E-state index contributed by atoms with van der Waals surface area (Å²) in [5.74, 6) is 0.121. The first-order valence-electron chi connectivity index (χ1n) is 8.09. The standard InChI is InChI=1S/C18H21F3N4O/c1-25(2)10-4-9-22-17(26)13-7-8-16(23-12-13)24-15-6-3-5-14(11-15)18(19,20)21/h3,5-8,11-12H,4,9-10H2,1-2H3,(H,22,26)(H,23,24). The molecule has 0 atom stereocenters. The van der Waals surface area contributed by atoms with Gasteiger partial charge in [-0.1, -0.05) is 6.07 Å². The van der Waals surface area contributed by atoms with E-state index in [0.717, 1.165) is 25.1 Å². The van der Waals surface area contributed by atoms with Crippen molar-refractivity contribution in [2.75, 3.05) is 32.5 Å². The van der Waals surface area contributed by atoms with Gasteiger partial charge in [-0.05, 0) is 57.4 Å². The molecule has 0 aliphatic carbocycles. The van der Waals surface area contributed by atoms with Gasteiger partial charge >= 0.3 is 6.18 Å². The predicted octanol–water partition coefficient (Wildman–Crippen LogP) is 3.53. The Bertz CT molecular complexity index is 730. The zero-order valence-corrected chi connectivity index (χ0v) is 14.6. The van der Waals surface area contributed by atoms with E-state index in [-0.39, 0.29) is 11.6 Å². The molecule has 0 bridgehead atoms. The van der Waals surface area contributed by atoms with Crippen molar-refractivity contribution in [1.29, 1.82) is 0 Å². The predicted molar refractivity (Wildman–Crippen MR) is 94.5 cm³/mol. The van der Waals surface area contributed by atoms with Crippen LogP contribution in [0.5, 0.6) is 0 Å². The number of amides is 1. The molecule has 140 valence electrons. The lowest BCUT2D eigenvalue weighted by Crippen LogP contribution is -2.27. The number of halogens is 3. The third-order valence-electron chi connectivity index (χ3n) is 3.56. The van der Waals surface area contributed by atoms with Crippen LogP contribution in [0, 0.1) is 0 Å². The number of hydrogen-bond acceptors (Lipinski definition) is 4. The van der Waals surface area contributed by atoms with Crippen molar-refractivity contribution >= 4 is 17.4 Å². The number of pyridine rings is 1. The van der Waals surface area contributed by atoms with Crippen molar-refractivity contribution in [3.8, 4) is 0 Å². The summed E-state index contributed by atoms with van der Waals surface area (Å²) in [5, 5.41) is 5.60. The second-order valence-corrected chi connectivity index (χ2v) is 6.05. The number of benzene rings is 1. The average Bonchev–Trinajstić information content (AvgIpc) is 2.58. The summed E-state index contributed by atoms with van der Waals surface area (Å²) < 4.78 is 38.2. The van der Waals surface area contributed by atoms with Gasteiger partial charge in [0.05, 0.1) is 11.1 Å². The minimum atomic E-state index is -4.40. The smallest absolute Gasteiger partial charge is 0.352 e. The van der Waals surface area contributed by atoms with Gasteiger partial charge in [0.1, 0.15) is 5.82 Å². The number of nitrogens with zero attached hydrogens (tertiary/aromatic N) is 2. The lowest BCUT2D eigenvalue weighted by molar-refractivity contribution is -0.137. The first-order chi connectivity index (χ1) is 12.3. The van der Waals surface area contributed by atoms with Crippen LogP contribution in [0.2, 0.25) is 0 Å². The molecule has 26 heavy (non-hydrogen) atoms. The molecule has 0 unspecified atom stereocenters. The van der Waals surface area contributed by atoms with E-state index in [1.807, 2.05) is 19.0 Å². The van der Waals surface area contributed by atoms with Crippen LogP contribution >= 0.6 is 0 Å². The Hall–Kier alpha value is -2.61. The second kappa shape index (κ2) is 8.66. The highest BCUT2D eigenvalue weighted by Gasteiger charge is 2.30. The van der Waals surface area contributed by atoms with Gasteiger partial charge < -0.3 is 15.5 Å². The van der Waals surface area contributed by atoms with Crippen LogP contribution in [0.15, 0.2) is 42.6 Å². The van der Waals surface area contributed by atoms with E-state index in [9.17, 15) is 18.0 Å². The number of carbonyl (C=O) groups is 1. The largest absolute Gasteiger partial charge is 0.416 e. The topological polar surface area (TPSA) is 57.3 Å². The van der Waals surface area contributed by atoms with Gasteiger partial charge in [-0.2, -0.15) is 13.2 Å². The maximum atomic E-state index is 12.7. The number of rotatable bonds is 7. The molecule has 2 aromatic rings. The third-order valence-corrected chi connectivity index (χ3v) is 3.56. The van der Waals surface area contributed by atoms with Crippen molar-refractivity contribution in [3.05, 3.63) is 53.7 Å². The fourth-order valence-electron chi connectivity index (χ4n) is 2.22. The molecule has 1 heterocycles. The molecular formula is C18H21F3N4O. The van der Waals surface area contributed by atoms with Crippen molar-refractivity contribution in [1.82, 2.24) is 15.2 Å². The molecule has 2 N–H and O–H groups in total. The van der Waals surface area contributed by atoms with Gasteiger partial charge in [-0.25, -0.2) is 4.98 Å². The molecule has 1 amide bonds. The summed E-state index contributed by atoms with van der Waals surface area (Å²) in [4.78, 5) is 18.1. The SMILES string of the molecule is CN(C)CCCNC(=O)c1ccc(Nc2cccc(C(F)(F)F)c2)nc1. The zero-order valence-electron chi connectivity index (χ0n) is 14.6. The first-order valence-corrected chi connectivity index (χ1v) is 8.09. The van der Waals surface area contributed by atoms with Crippen molar-refractivity contribution < 1.29 is 18.0 Å². The van der Waals surface area contributed by atoms with Crippen LogP contribution in [0.1, 0.15) is 22.3 Å². The Morgan fingerprint density at radius 2 is 1.96 bits per heavy atom. The second-order valence-electron chi connectivity index (χ2n) is 6.05. The summed E-state index contributed by atoms with van der Waals surface area (Å²) in [6.45, 7) is 1.43. The molecule has 1 aromatic heterocycles. The summed E-state index contributed by atoms with van der Waals surface area (Å²) in [5.41, 5.74) is -0.0751. The molecule has 1 aromatic carbocycles. The van der Waals surface area contributed by atoms with E-state index in [1.54, 1.807) is 12.1 Å². The Morgan fingerprint density at radius 3 is 2.58 bits per heavy atom. The van der Waals surface area contributed by atoms with Crippen LogP contribution < -0.4 is 10.6 Å². The van der Waals surface area contributed by atoms with Gasteiger partial charge in [0, 0.05) is 18.4 Å². The highest BCUT2D eigenvalue weighted by Crippen LogP contribution is 2.31. The Labute approximate surface area is 150 Å². The van der Waals surface area contributed by atoms with E-state index in [0.29, 0.717) is 17.9 Å². The number of carbonyl (C=O) groups excluding carboxylic acids is 1. The summed E-state index contributed by atoms with van der Waals surface area (Å²) >= 11 is 0. The van der Waals surface area contributed by atoms with Gasteiger partial charge in [0.2, 0.25) is 0 Å².